The molecule has 2 nitrogen and oxygen atoms in total. The summed E-state index contributed by atoms with van der Waals surface area (Å²) in [7, 11) is 0. The van der Waals surface area contributed by atoms with Crippen molar-refractivity contribution >= 4 is 15.9 Å². The summed E-state index contributed by atoms with van der Waals surface area (Å²) in [6.45, 7) is 4.71. The minimum atomic E-state index is 0.392. The molecule has 0 heterocycles. The first kappa shape index (κ1) is 14.6. The number of benzene rings is 2. The molecular weight excluding hydrogens is 314 g/mol. The Bertz CT molecular complexity index is 644. The van der Waals surface area contributed by atoms with Crippen LogP contribution >= 0.6 is 15.9 Å². The van der Waals surface area contributed by atoms with Gasteiger partial charge in [0.05, 0.1) is 16.1 Å². The van der Waals surface area contributed by atoms with E-state index in [1.807, 2.05) is 24.3 Å². The predicted molar refractivity (Wildman–Crippen MR) is 83.7 cm³/mol. The monoisotopic (exact) mass is 329 g/mol. The Morgan fingerprint density at radius 3 is 2.60 bits per heavy atom. The molecule has 0 bridgehead atoms. The van der Waals surface area contributed by atoms with Gasteiger partial charge in [-0.3, -0.25) is 0 Å². The topological polar surface area (TPSA) is 33.0 Å². The van der Waals surface area contributed by atoms with E-state index in [0.717, 1.165) is 15.8 Å². The van der Waals surface area contributed by atoms with Gasteiger partial charge in [0.2, 0.25) is 0 Å². The normalized spacial score (nSPS) is 10.3. The van der Waals surface area contributed by atoms with E-state index in [2.05, 4.69) is 48.0 Å². The van der Waals surface area contributed by atoms with Crippen LogP contribution in [-0.4, -0.2) is 0 Å². The summed E-state index contributed by atoms with van der Waals surface area (Å²) in [5.41, 5.74) is 2.82. The van der Waals surface area contributed by atoms with Crippen LogP contribution in [0.5, 0.6) is 5.75 Å². The highest BCUT2D eigenvalue weighted by Gasteiger charge is 2.07. The van der Waals surface area contributed by atoms with E-state index in [9.17, 15) is 0 Å². The van der Waals surface area contributed by atoms with Gasteiger partial charge in [0.15, 0.2) is 0 Å². The van der Waals surface area contributed by atoms with Crippen LogP contribution in [0.15, 0.2) is 46.9 Å². The highest BCUT2D eigenvalue weighted by molar-refractivity contribution is 9.10. The summed E-state index contributed by atoms with van der Waals surface area (Å²) >= 11 is 3.53. The molecule has 0 atom stereocenters. The van der Waals surface area contributed by atoms with Gasteiger partial charge in [-0.1, -0.05) is 38.1 Å². The van der Waals surface area contributed by atoms with E-state index in [1.165, 1.54) is 5.56 Å². The van der Waals surface area contributed by atoms with Gasteiger partial charge in [0.1, 0.15) is 12.4 Å². The van der Waals surface area contributed by atoms with Crippen LogP contribution in [0, 0.1) is 11.3 Å². The van der Waals surface area contributed by atoms with Gasteiger partial charge >= 0.3 is 0 Å². The van der Waals surface area contributed by atoms with Crippen molar-refractivity contribution in [2.24, 2.45) is 0 Å². The lowest BCUT2D eigenvalue weighted by molar-refractivity contribution is 0.304. The standard InChI is InChI=1S/C17H16BrNO/c1-12(2)13-7-8-17(16(18)9-13)20-11-15-6-4-3-5-14(15)10-19/h3-9,12H,11H2,1-2H3. The van der Waals surface area contributed by atoms with Crippen LogP contribution in [0.25, 0.3) is 0 Å². The third-order valence-electron chi connectivity index (χ3n) is 3.14. The SMILES string of the molecule is CC(C)c1ccc(OCc2ccccc2C#N)c(Br)c1. The maximum atomic E-state index is 9.05. The maximum absolute atomic E-state index is 9.05. The molecule has 2 rings (SSSR count). The summed E-state index contributed by atoms with van der Waals surface area (Å²) in [4.78, 5) is 0. The third kappa shape index (κ3) is 3.40. The molecule has 0 saturated heterocycles. The Hall–Kier alpha value is -1.79. The van der Waals surface area contributed by atoms with Crippen molar-refractivity contribution in [1.29, 1.82) is 5.26 Å². The molecule has 0 aliphatic heterocycles. The first-order valence-corrected chi connectivity index (χ1v) is 7.31. The van der Waals surface area contributed by atoms with Gasteiger partial charge in [0, 0.05) is 5.56 Å². The molecule has 102 valence electrons. The lowest BCUT2D eigenvalue weighted by Gasteiger charge is -2.12. The summed E-state index contributed by atoms with van der Waals surface area (Å²) in [6.07, 6.45) is 0. The molecule has 0 spiro atoms. The number of ether oxygens (including phenoxy) is 1. The fourth-order valence-electron chi connectivity index (χ4n) is 1.90. The molecule has 0 aliphatic rings. The van der Waals surface area contributed by atoms with Crippen LogP contribution in [0.4, 0.5) is 0 Å². The van der Waals surface area contributed by atoms with Crippen LogP contribution in [0.1, 0.15) is 36.5 Å². The summed E-state index contributed by atoms with van der Waals surface area (Å²) < 4.78 is 6.74. The highest BCUT2D eigenvalue weighted by Crippen LogP contribution is 2.29. The number of halogens is 1. The molecule has 0 aliphatic carbocycles. The van der Waals surface area contributed by atoms with Crippen molar-refractivity contribution in [3.05, 3.63) is 63.6 Å². The average molecular weight is 330 g/mol. The molecule has 0 radical (unpaired) electrons. The van der Waals surface area contributed by atoms with Crippen LogP contribution in [0.2, 0.25) is 0 Å². The summed E-state index contributed by atoms with van der Waals surface area (Å²) in [5.74, 6) is 1.28. The second kappa shape index (κ2) is 6.58. The van der Waals surface area contributed by atoms with Crippen molar-refractivity contribution in [3.8, 4) is 11.8 Å². The minimum absolute atomic E-state index is 0.392. The Morgan fingerprint density at radius 1 is 1.20 bits per heavy atom. The molecule has 0 aromatic heterocycles. The zero-order chi connectivity index (χ0) is 14.5. The van der Waals surface area contributed by atoms with Crippen molar-refractivity contribution in [2.45, 2.75) is 26.4 Å². The van der Waals surface area contributed by atoms with Gasteiger partial charge in [-0.2, -0.15) is 5.26 Å². The molecule has 0 fully saturated rings. The predicted octanol–water partition coefficient (Wildman–Crippen LogP) is 5.02. The smallest absolute Gasteiger partial charge is 0.134 e. The first-order chi connectivity index (χ1) is 9.61. The number of hydrogen-bond acceptors (Lipinski definition) is 2. The van der Waals surface area contributed by atoms with Gasteiger partial charge < -0.3 is 4.74 Å². The van der Waals surface area contributed by atoms with Crippen molar-refractivity contribution < 1.29 is 4.74 Å². The fraction of sp³-hybridized carbons (Fsp3) is 0.235. The largest absolute Gasteiger partial charge is 0.488 e. The zero-order valence-corrected chi connectivity index (χ0v) is 13.1. The molecule has 0 unspecified atom stereocenters. The Labute approximate surface area is 128 Å². The summed E-state index contributed by atoms with van der Waals surface area (Å²) in [6, 6.07) is 15.8. The van der Waals surface area contributed by atoms with Crippen molar-refractivity contribution in [2.75, 3.05) is 0 Å². The van der Waals surface area contributed by atoms with Gasteiger partial charge in [-0.25, -0.2) is 0 Å². The van der Waals surface area contributed by atoms with E-state index in [0.29, 0.717) is 18.1 Å². The van der Waals surface area contributed by atoms with E-state index in [4.69, 9.17) is 10.00 Å². The second-order valence-electron chi connectivity index (χ2n) is 4.90. The number of nitrogens with zero attached hydrogens (tertiary/aromatic N) is 1. The van der Waals surface area contributed by atoms with E-state index < -0.39 is 0 Å². The molecule has 0 saturated carbocycles. The molecule has 0 N–H and O–H groups in total. The van der Waals surface area contributed by atoms with Crippen molar-refractivity contribution in [3.63, 3.8) is 0 Å². The molecule has 0 amide bonds. The van der Waals surface area contributed by atoms with Crippen molar-refractivity contribution in [1.82, 2.24) is 0 Å². The summed E-state index contributed by atoms with van der Waals surface area (Å²) in [5, 5.41) is 9.05. The Kier molecular flexibility index (Phi) is 4.81. The molecular formula is C17H16BrNO. The van der Waals surface area contributed by atoms with E-state index >= 15 is 0 Å². The van der Waals surface area contributed by atoms with Gasteiger partial charge in [0.25, 0.3) is 0 Å². The Balaban J connectivity index is 2.14. The number of nitriles is 1. The van der Waals surface area contributed by atoms with Crippen LogP contribution in [-0.2, 0) is 6.61 Å². The fourth-order valence-corrected chi connectivity index (χ4v) is 2.41. The first-order valence-electron chi connectivity index (χ1n) is 6.52. The van der Waals surface area contributed by atoms with Gasteiger partial charge in [-0.05, 0) is 45.6 Å². The van der Waals surface area contributed by atoms with E-state index in [1.54, 1.807) is 6.07 Å². The number of hydrogen-bond donors (Lipinski definition) is 0. The van der Waals surface area contributed by atoms with E-state index in [-0.39, 0.29) is 0 Å². The average Bonchev–Trinajstić information content (AvgIpc) is 2.46. The van der Waals surface area contributed by atoms with Crippen LogP contribution < -0.4 is 4.74 Å². The lowest BCUT2D eigenvalue weighted by atomic mass is 10.0. The quantitative estimate of drug-likeness (QED) is 0.788. The third-order valence-corrected chi connectivity index (χ3v) is 3.76. The second-order valence-corrected chi connectivity index (χ2v) is 5.76. The molecule has 2 aromatic rings. The molecule has 20 heavy (non-hydrogen) atoms. The minimum Gasteiger partial charge on any atom is -0.488 e. The Morgan fingerprint density at radius 2 is 1.95 bits per heavy atom. The molecule has 2 aromatic carbocycles. The number of rotatable bonds is 4. The van der Waals surface area contributed by atoms with Crippen LogP contribution in [0.3, 0.4) is 0 Å². The zero-order valence-electron chi connectivity index (χ0n) is 11.6. The lowest BCUT2D eigenvalue weighted by Crippen LogP contribution is -1.99. The molecule has 3 heteroatoms. The van der Waals surface area contributed by atoms with Gasteiger partial charge in [-0.15, -0.1) is 0 Å². The maximum Gasteiger partial charge on any atom is 0.134 e. The highest BCUT2D eigenvalue weighted by atomic mass is 79.9.